The van der Waals surface area contributed by atoms with E-state index in [-0.39, 0.29) is 5.91 Å². The lowest BCUT2D eigenvalue weighted by molar-refractivity contribution is -0.111. The molecule has 4 nitrogen and oxygen atoms in total. The van der Waals surface area contributed by atoms with Gasteiger partial charge in [-0.05, 0) is 37.8 Å². The van der Waals surface area contributed by atoms with Crippen LogP contribution in [-0.2, 0) is 17.6 Å². The van der Waals surface area contributed by atoms with Gasteiger partial charge in [-0.15, -0.1) is 0 Å². The molecule has 1 aromatic heterocycles. The summed E-state index contributed by atoms with van der Waals surface area (Å²) in [5.41, 5.74) is 5.21. The van der Waals surface area contributed by atoms with Crippen molar-refractivity contribution in [2.45, 2.75) is 25.7 Å². The number of hydrogen-bond donors (Lipinski definition) is 2. The van der Waals surface area contributed by atoms with Crippen LogP contribution in [-0.4, -0.2) is 16.1 Å². The first-order chi connectivity index (χ1) is 9.79. The molecule has 0 atom stereocenters. The number of carbonyl (C=O) groups is 1. The Kier molecular flexibility index (Phi) is 3.37. The van der Waals surface area contributed by atoms with Gasteiger partial charge in [0, 0.05) is 16.8 Å². The van der Waals surface area contributed by atoms with Gasteiger partial charge in [0.25, 0.3) is 0 Å². The number of carbonyl (C=O) groups excluding carboxylic acids is 1. The summed E-state index contributed by atoms with van der Waals surface area (Å²) < 4.78 is 0. The molecule has 3 rings (SSSR count). The van der Waals surface area contributed by atoms with Crippen LogP contribution in [0.1, 0.15) is 24.1 Å². The number of aromatic amines is 1. The molecule has 0 saturated heterocycles. The maximum absolute atomic E-state index is 11.5. The van der Waals surface area contributed by atoms with E-state index in [1.165, 1.54) is 30.2 Å². The molecule has 1 aliphatic carbocycles. The van der Waals surface area contributed by atoms with Crippen molar-refractivity contribution in [3.8, 4) is 11.3 Å². The minimum atomic E-state index is -0.207. The van der Waals surface area contributed by atoms with Gasteiger partial charge in [0.15, 0.2) is 0 Å². The summed E-state index contributed by atoms with van der Waals surface area (Å²) in [5.74, 6) is -0.207. The molecule has 0 radical (unpaired) electrons. The fourth-order valence-corrected chi connectivity index (χ4v) is 2.69. The molecule has 1 aliphatic rings. The summed E-state index contributed by atoms with van der Waals surface area (Å²) in [6.07, 6.45) is 5.79. The summed E-state index contributed by atoms with van der Waals surface area (Å²) in [4.78, 5) is 11.5. The minimum Gasteiger partial charge on any atom is -0.322 e. The van der Waals surface area contributed by atoms with Gasteiger partial charge in [0.05, 0.1) is 11.4 Å². The van der Waals surface area contributed by atoms with Crippen LogP contribution in [0.2, 0.25) is 0 Å². The standard InChI is InChI=1S/C16H17N3O/c1-2-15(20)17-13-9-5-3-7-11(13)16-12-8-4-6-10-14(12)18-19-16/h2-3,5,7,9H,1,4,6,8,10H2,(H,17,20)(H,18,19). The smallest absolute Gasteiger partial charge is 0.247 e. The Balaban J connectivity index is 2.04. The summed E-state index contributed by atoms with van der Waals surface area (Å²) in [5, 5.41) is 10.4. The zero-order chi connectivity index (χ0) is 13.9. The van der Waals surface area contributed by atoms with Gasteiger partial charge < -0.3 is 5.32 Å². The number of nitrogens with one attached hydrogen (secondary N) is 2. The Morgan fingerprint density at radius 2 is 2.10 bits per heavy atom. The topological polar surface area (TPSA) is 57.8 Å². The van der Waals surface area contributed by atoms with E-state index in [9.17, 15) is 4.79 Å². The molecule has 0 aliphatic heterocycles. The molecule has 0 spiro atoms. The Hall–Kier alpha value is -2.36. The fraction of sp³-hybridized carbons (Fsp3) is 0.250. The van der Waals surface area contributed by atoms with Crippen molar-refractivity contribution >= 4 is 11.6 Å². The zero-order valence-corrected chi connectivity index (χ0v) is 11.3. The highest BCUT2D eigenvalue weighted by Gasteiger charge is 2.19. The second-order valence-corrected chi connectivity index (χ2v) is 4.98. The molecule has 2 N–H and O–H groups in total. The largest absolute Gasteiger partial charge is 0.322 e. The van der Waals surface area contributed by atoms with Crippen LogP contribution in [0.15, 0.2) is 36.9 Å². The van der Waals surface area contributed by atoms with E-state index < -0.39 is 0 Å². The van der Waals surface area contributed by atoms with Crippen molar-refractivity contribution in [1.29, 1.82) is 0 Å². The number of rotatable bonds is 3. The van der Waals surface area contributed by atoms with Crippen LogP contribution in [0.5, 0.6) is 0 Å². The van der Waals surface area contributed by atoms with Crippen LogP contribution in [0.25, 0.3) is 11.3 Å². The van der Waals surface area contributed by atoms with Gasteiger partial charge in [0.1, 0.15) is 0 Å². The van der Waals surface area contributed by atoms with Crippen molar-refractivity contribution in [3.05, 3.63) is 48.2 Å². The number of benzene rings is 1. The SMILES string of the molecule is C=CC(=O)Nc1ccccc1-c1n[nH]c2c1CCCC2. The first-order valence-corrected chi connectivity index (χ1v) is 6.88. The maximum atomic E-state index is 11.5. The molecule has 1 aromatic carbocycles. The predicted octanol–water partition coefficient (Wildman–Crippen LogP) is 3.08. The Morgan fingerprint density at radius 3 is 2.95 bits per heavy atom. The van der Waals surface area contributed by atoms with E-state index in [1.54, 1.807) is 0 Å². The number of fused-ring (bicyclic) bond motifs is 1. The summed E-state index contributed by atoms with van der Waals surface area (Å²) in [7, 11) is 0. The number of anilines is 1. The first kappa shape index (κ1) is 12.7. The number of hydrogen-bond acceptors (Lipinski definition) is 2. The van der Waals surface area contributed by atoms with Gasteiger partial charge in [0.2, 0.25) is 5.91 Å². The Bertz CT molecular complexity index is 657. The number of H-pyrrole nitrogens is 1. The highest BCUT2D eigenvalue weighted by Crippen LogP contribution is 2.33. The van der Waals surface area contributed by atoms with E-state index in [2.05, 4.69) is 22.1 Å². The second-order valence-electron chi connectivity index (χ2n) is 4.98. The molecular formula is C16H17N3O. The maximum Gasteiger partial charge on any atom is 0.247 e. The normalized spacial score (nSPS) is 13.6. The summed E-state index contributed by atoms with van der Waals surface area (Å²) in [6.45, 7) is 3.49. The van der Waals surface area contributed by atoms with Gasteiger partial charge >= 0.3 is 0 Å². The quantitative estimate of drug-likeness (QED) is 0.840. The van der Waals surface area contributed by atoms with Crippen molar-refractivity contribution < 1.29 is 4.79 Å². The van der Waals surface area contributed by atoms with Crippen molar-refractivity contribution in [1.82, 2.24) is 10.2 Å². The van der Waals surface area contributed by atoms with Crippen molar-refractivity contribution in [2.75, 3.05) is 5.32 Å². The molecule has 4 heteroatoms. The third-order valence-corrected chi connectivity index (χ3v) is 3.68. The number of para-hydroxylation sites is 1. The third-order valence-electron chi connectivity index (χ3n) is 3.68. The molecule has 0 bridgehead atoms. The second kappa shape index (κ2) is 5.33. The molecular weight excluding hydrogens is 250 g/mol. The average Bonchev–Trinajstić information content (AvgIpc) is 2.91. The Labute approximate surface area is 117 Å². The molecule has 20 heavy (non-hydrogen) atoms. The molecule has 1 amide bonds. The molecule has 0 saturated carbocycles. The van der Waals surface area contributed by atoms with Gasteiger partial charge in [-0.25, -0.2) is 0 Å². The monoisotopic (exact) mass is 267 g/mol. The molecule has 0 fully saturated rings. The lowest BCUT2D eigenvalue weighted by Gasteiger charge is -2.13. The van der Waals surface area contributed by atoms with E-state index in [0.29, 0.717) is 0 Å². The van der Waals surface area contributed by atoms with Gasteiger partial charge in [-0.1, -0.05) is 24.8 Å². The van der Waals surface area contributed by atoms with Crippen LogP contribution in [0.4, 0.5) is 5.69 Å². The van der Waals surface area contributed by atoms with Crippen molar-refractivity contribution in [3.63, 3.8) is 0 Å². The summed E-state index contributed by atoms with van der Waals surface area (Å²) >= 11 is 0. The molecule has 0 unspecified atom stereocenters. The number of amides is 1. The lowest BCUT2D eigenvalue weighted by Crippen LogP contribution is -2.08. The number of aryl methyl sites for hydroxylation is 1. The van der Waals surface area contributed by atoms with Crippen molar-refractivity contribution in [2.24, 2.45) is 0 Å². The number of aromatic nitrogens is 2. The highest BCUT2D eigenvalue weighted by molar-refractivity contribution is 6.01. The first-order valence-electron chi connectivity index (χ1n) is 6.88. The molecule has 102 valence electrons. The van der Waals surface area contributed by atoms with Crippen LogP contribution in [0, 0.1) is 0 Å². The highest BCUT2D eigenvalue weighted by atomic mass is 16.1. The van der Waals surface area contributed by atoms with Gasteiger partial charge in [-0.2, -0.15) is 5.10 Å². The van der Waals surface area contributed by atoms with Gasteiger partial charge in [-0.3, -0.25) is 9.89 Å². The van der Waals surface area contributed by atoms with Crippen LogP contribution >= 0.6 is 0 Å². The predicted molar refractivity (Wildman–Crippen MR) is 79.5 cm³/mol. The fourth-order valence-electron chi connectivity index (χ4n) is 2.69. The third kappa shape index (κ3) is 2.25. The van der Waals surface area contributed by atoms with E-state index >= 15 is 0 Å². The van der Waals surface area contributed by atoms with Crippen LogP contribution < -0.4 is 5.32 Å². The molecule has 2 aromatic rings. The summed E-state index contributed by atoms with van der Waals surface area (Å²) in [6, 6.07) is 7.74. The van der Waals surface area contributed by atoms with E-state index in [4.69, 9.17) is 0 Å². The molecule has 1 heterocycles. The average molecular weight is 267 g/mol. The number of nitrogens with zero attached hydrogens (tertiary/aromatic N) is 1. The minimum absolute atomic E-state index is 0.207. The van der Waals surface area contributed by atoms with E-state index in [1.807, 2.05) is 24.3 Å². The zero-order valence-electron chi connectivity index (χ0n) is 11.3. The lowest BCUT2D eigenvalue weighted by atomic mass is 9.93. The van der Waals surface area contributed by atoms with Crippen LogP contribution in [0.3, 0.4) is 0 Å². The van der Waals surface area contributed by atoms with E-state index in [0.717, 1.165) is 29.8 Å². The Morgan fingerprint density at radius 1 is 1.30 bits per heavy atom.